The fourth-order valence-corrected chi connectivity index (χ4v) is 3.94. The highest BCUT2D eigenvalue weighted by Crippen LogP contribution is 2.29. The topological polar surface area (TPSA) is 67.5 Å². The van der Waals surface area contributed by atoms with Gasteiger partial charge in [-0.15, -0.1) is 13.2 Å². The van der Waals surface area contributed by atoms with Crippen molar-refractivity contribution in [3.8, 4) is 22.8 Å². The second kappa shape index (κ2) is 10.9. The maximum absolute atomic E-state index is 13.2. The molecule has 0 N–H and O–H groups in total. The molecule has 2 aromatic carbocycles. The van der Waals surface area contributed by atoms with Gasteiger partial charge in [0.15, 0.2) is 0 Å². The number of hydrogen-bond donors (Lipinski definition) is 0. The highest BCUT2D eigenvalue weighted by atomic mass is 19.4. The summed E-state index contributed by atoms with van der Waals surface area (Å²) >= 11 is 0. The van der Waals surface area contributed by atoms with Crippen LogP contribution in [0.4, 0.5) is 26.3 Å². The lowest BCUT2D eigenvalue weighted by molar-refractivity contribution is -0.274. The molecule has 0 amide bonds. The number of aromatic nitrogens is 3. The number of carbonyl (C=O) groups is 1. The lowest BCUT2D eigenvalue weighted by Gasteiger charge is -2.15. The molecule has 0 aliphatic rings. The fraction of sp³-hybridized carbons (Fsp3) is 0.308. The third kappa shape index (κ3) is 7.03. The number of fused-ring (bicyclic) bond motifs is 1. The van der Waals surface area contributed by atoms with Gasteiger partial charge in [0.1, 0.15) is 30.7 Å². The maximum Gasteiger partial charge on any atom is 0.573 e. The zero-order valence-corrected chi connectivity index (χ0v) is 20.7. The Morgan fingerprint density at radius 1 is 0.974 bits per heavy atom. The van der Waals surface area contributed by atoms with Gasteiger partial charge in [-0.3, -0.25) is 4.68 Å². The smallest absolute Gasteiger partial charge is 0.487 e. The number of hydrogen-bond acceptors (Lipinski definition) is 5. The molecule has 0 aliphatic heterocycles. The molecular weight excluding hydrogens is 532 g/mol. The maximum atomic E-state index is 13.2. The minimum absolute atomic E-state index is 0.0910. The van der Waals surface area contributed by atoms with Gasteiger partial charge in [-0.2, -0.15) is 18.3 Å². The van der Waals surface area contributed by atoms with E-state index in [1.54, 1.807) is 42.8 Å². The summed E-state index contributed by atoms with van der Waals surface area (Å²) in [5, 5.41) is 4.82. The molecule has 0 fully saturated rings. The standard InChI is InChI=1S/C26H23F6N3O4/c1-3-37-24(36)16(2)34-11-10-18-6-9-21(13-23(18)34)38-14-19-12-22(33-35(19)15-25(27,28)29)17-4-7-20(8-5-17)39-26(30,31)32/h4-13,16H,3,14-15H2,1-2H3. The Kier molecular flexibility index (Phi) is 7.79. The average molecular weight is 555 g/mol. The average Bonchev–Trinajstić information content (AvgIpc) is 3.44. The van der Waals surface area contributed by atoms with E-state index < -0.39 is 36.8 Å². The van der Waals surface area contributed by atoms with Crippen molar-refractivity contribution >= 4 is 16.9 Å². The summed E-state index contributed by atoms with van der Waals surface area (Å²) in [5.74, 6) is -0.543. The van der Waals surface area contributed by atoms with Gasteiger partial charge < -0.3 is 18.8 Å². The van der Waals surface area contributed by atoms with Crippen LogP contribution in [0.3, 0.4) is 0 Å². The molecule has 2 heterocycles. The second-order valence-electron chi connectivity index (χ2n) is 8.53. The third-order valence-electron chi connectivity index (χ3n) is 5.70. The Balaban J connectivity index is 1.57. The number of nitrogens with zero attached hydrogens (tertiary/aromatic N) is 3. The molecular formula is C26H23F6N3O4. The van der Waals surface area contributed by atoms with Gasteiger partial charge >= 0.3 is 18.5 Å². The van der Waals surface area contributed by atoms with Crippen LogP contribution in [0.25, 0.3) is 22.2 Å². The molecule has 0 spiro atoms. The Bertz CT molecular complexity index is 1440. The lowest BCUT2D eigenvalue weighted by atomic mass is 10.1. The minimum Gasteiger partial charge on any atom is -0.487 e. The van der Waals surface area contributed by atoms with Gasteiger partial charge in [-0.25, -0.2) is 4.79 Å². The first-order chi connectivity index (χ1) is 18.3. The normalized spacial score (nSPS) is 12.9. The first-order valence-corrected chi connectivity index (χ1v) is 11.7. The van der Waals surface area contributed by atoms with Gasteiger partial charge in [0.25, 0.3) is 0 Å². The molecule has 0 radical (unpaired) electrons. The number of carbonyl (C=O) groups excluding carboxylic acids is 1. The van der Waals surface area contributed by atoms with Crippen LogP contribution in [0, 0.1) is 0 Å². The van der Waals surface area contributed by atoms with Crippen LogP contribution in [0.5, 0.6) is 11.5 Å². The van der Waals surface area contributed by atoms with Crippen LogP contribution in [-0.4, -0.2) is 39.5 Å². The first kappa shape index (κ1) is 27.9. The molecule has 0 saturated heterocycles. The molecule has 13 heteroatoms. The zero-order valence-electron chi connectivity index (χ0n) is 20.7. The highest BCUT2D eigenvalue weighted by Gasteiger charge is 2.32. The van der Waals surface area contributed by atoms with E-state index in [4.69, 9.17) is 9.47 Å². The molecule has 0 aliphatic carbocycles. The summed E-state index contributed by atoms with van der Waals surface area (Å²) < 4.78 is 94.1. The van der Waals surface area contributed by atoms with Crippen molar-refractivity contribution in [1.29, 1.82) is 0 Å². The van der Waals surface area contributed by atoms with Gasteiger partial charge in [0, 0.05) is 17.8 Å². The van der Waals surface area contributed by atoms with Crippen molar-refractivity contribution in [3.05, 3.63) is 66.5 Å². The summed E-state index contributed by atoms with van der Waals surface area (Å²) in [5.41, 5.74) is 1.16. The van der Waals surface area contributed by atoms with E-state index in [0.29, 0.717) is 16.8 Å². The molecule has 0 saturated carbocycles. The van der Waals surface area contributed by atoms with Crippen LogP contribution in [0.2, 0.25) is 0 Å². The number of rotatable bonds is 9. The Morgan fingerprint density at radius 3 is 2.31 bits per heavy atom. The summed E-state index contributed by atoms with van der Waals surface area (Å²) in [7, 11) is 0. The van der Waals surface area contributed by atoms with Crippen molar-refractivity contribution in [2.24, 2.45) is 0 Å². The van der Waals surface area contributed by atoms with Crippen molar-refractivity contribution in [2.45, 2.75) is 45.6 Å². The highest BCUT2D eigenvalue weighted by molar-refractivity contribution is 5.84. The lowest BCUT2D eigenvalue weighted by Crippen LogP contribution is -2.21. The van der Waals surface area contributed by atoms with E-state index in [-0.39, 0.29) is 24.6 Å². The van der Waals surface area contributed by atoms with Crippen LogP contribution >= 0.6 is 0 Å². The van der Waals surface area contributed by atoms with Crippen molar-refractivity contribution in [2.75, 3.05) is 6.61 Å². The molecule has 0 bridgehead atoms. The second-order valence-corrected chi connectivity index (χ2v) is 8.53. The summed E-state index contributed by atoms with van der Waals surface area (Å²) in [6.07, 6.45) is -7.72. The molecule has 208 valence electrons. The summed E-state index contributed by atoms with van der Waals surface area (Å²) in [4.78, 5) is 12.2. The monoisotopic (exact) mass is 555 g/mol. The first-order valence-electron chi connectivity index (χ1n) is 11.7. The number of halogens is 6. The number of ether oxygens (including phenoxy) is 3. The van der Waals surface area contributed by atoms with Gasteiger partial charge in [0.05, 0.1) is 23.5 Å². The Labute approximate surface area is 218 Å². The largest absolute Gasteiger partial charge is 0.573 e. The van der Waals surface area contributed by atoms with E-state index in [1.807, 2.05) is 6.07 Å². The van der Waals surface area contributed by atoms with Crippen LogP contribution < -0.4 is 9.47 Å². The van der Waals surface area contributed by atoms with Gasteiger partial charge in [-0.1, -0.05) is 0 Å². The molecule has 2 aromatic heterocycles. The fourth-order valence-electron chi connectivity index (χ4n) is 3.94. The van der Waals surface area contributed by atoms with Crippen molar-refractivity contribution in [3.63, 3.8) is 0 Å². The molecule has 1 atom stereocenters. The van der Waals surface area contributed by atoms with Gasteiger partial charge in [0.2, 0.25) is 0 Å². The molecule has 4 aromatic rings. The predicted octanol–water partition coefficient (Wildman–Crippen LogP) is 6.67. The SMILES string of the molecule is CCOC(=O)C(C)n1ccc2ccc(OCc3cc(-c4ccc(OC(F)(F)F)cc4)nn3CC(F)(F)F)cc21. The van der Waals surface area contributed by atoms with Crippen molar-refractivity contribution < 1.29 is 45.3 Å². The van der Waals surface area contributed by atoms with E-state index >= 15 is 0 Å². The van der Waals surface area contributed by atoms with Crippen LogP contribution in [-0.2, 0) is 22.7 Å². The van der Waals surface area contributed by atoms with Crippen LogP contribution in [0.15, 0.2) is 60.8 Å². The van der Waals surface area contributed by atoms with Gasteiger partial charge in [-0.05, 0) is 67.8 Å². The van der Waals surface area contributed by atoms with Crippen molar-refractivity contribution in [1.82, 2.24) is 14.3 Å². The molecule has 7 nitrogen and oxygen atoms in total. The third-order valence-corrected chi connectivity index (χ3v) is 5.70. The number of benzene rings is 2. The quantitative estimate of drug-likeness (QED) is 0.171. The number of esters is 1. The van der Waals surface area contributed by atoms with E-state index in [1.165, 1.54) is 18.2 Å². The zero-order chi connectivity index (χ0) is 28.4. The molecule has 4 rings (SSSR count). The molecule has 39 heavy (non-hydrogen) atoms. The predicted molar refractivity (Wildman–Crippen MR) is 128 cm³/mol. The van der Waals surface area contributed by atoms with E-state index in [9.17, 15) is 31.1 Å². The minimum atomic E-state index is -4.87. The van der Waals surface area contributed by atoms with E-state index in [2.05, 4.69) is 9.84 Å². The van der Waals surface area contributed by atoms with E-state index in [0.717, 1.165) is 22.2 Å². The Morgan fingerprint density at radius 2 is 1.67 bits per heavy atom. The molecule has 1 unspecified atom stereocenters. The Hall–Kier alpha value is -4.16. The number of alkyl halides is 6. The summed E-state index contributed by atoms with van der Waals surface area (Å²) in [6.45, 7) is 1.95. The summed E-state index contributed by atoms with van der Waals surface area (Å²) in [6, 6.07) is 12.2. The van der Waals surface area contributed by atoms with Crippen LogP contribution in [0.1, 0.15) is 25.6 Å².